The number of ether oxygens (including phenoxy) is 1. The molecular formula is C13H20ClF2NO. The molecule has 0 aliphatic rings. The van der Waals surface area contributed by atoms with Crippen LogP contribution in [0.5, 0.6) is 5.75 Å². The van der Waals surface area contributed by atoms with Gasteiger partial charge in [-0.05, 0) is 30.9 Å². The van der Waals surface area contributed by atoms with Gasteiger partial charge in [0.05, 0.1) is 6.61 Å². The summed E-state index contributed by atoms with van der Waals surface area (Å²) < 4.78 is 31.7. The van der Waals surface area contributed by atoms with Crippen molar-refractivity contribution >= 4 is 12.4 Å². The van der Waals surface area contributed by atoms with Crippen LogP contribution in [-0.4, -0.2) is 12.6 Å². The van der Waals surface area contributed by atoms with Crippen molar-refractivity contribution < 1.29 is 13.5 Å². The summed E-state index contributed by atoms with van der Waals surface area (Å²) in [4.78, 5) is 0. The second-order valence-corrected chi connectivity index (χ2v) is 4.09. The van der Waals surface area contributed by atoms with E-state index in [9.17, 15) is 8.78 Å². The maximum absolute atomic E-state index is 13.2. The molecule has 1 aromatic carbocycles. The van der Waals surface area contributed by atoms with E-state index in [4.69, 9.17) is 10.5 Å². The van der Waals surface area contributed by atoms with Gasteiger partial charge in [0.1, 0.15) is 5.75 Å². The van der Waals surface area contributed by atoms with Crippen molar-refractivity contribution in [1.82, 2.24) is 0 Å². The van der Waals surface area contributed by atoms with Crippen molar-refractivity contribution in [3.05, 3.63) is 29.3 Å². The summed E-state index contributed by atoms with van der Waals surface area (Å²) in [6.45, 7) is 4.40. The van der Waals surface area contributed by atoms with Crippen LogP contribution in [0.1, 0.15) is 32.3 Å². The SMILES string of the molecule is CCCOc1cc(F)c(F)cc1CC(N)CC.Cl. The lowest BCUT2D eigenvalue weighted by molar-refractivity contribution is 0.310. The minimum absolute atomic E-state index is 0. The summed E-state index contributed by atoms with van der Waals surface area (Å²) >= 11 is 0. The van der Waals surface area contributed by atoms with Crippen molar-refractivity contribution in [3.8, 4) is 5.75 Å². The molecule has 0 heterocycles. The minimum atomic E-state index is -0.884. The second kappa shape index (κ2) is 8.27. The van der Waals surface area contributed by atoms with E-state index in [0.29, 0.717) is 24.3 Å². The van der Waals surface area contributed by atoms with Crippen LogP contribution in [0.4, 0.5) is 8.78 Å². The third kappa shape index (κ3) is 4.78. The van der Waals surface area contributed by atoms with Crippen LogP contribution in [0.3, 0.4) is 0 Å². The predicted molar refractivity (Wildman–Crippen MR) is 71.4 cm³/mol. The van der Waals surface area contributed by atoms with Gasteiger partial charge in [-0.1, -0.05) is 13.8 Å². The fourth-order valence-corrected chi connectivity index (χ4v) is 1.50. The molecule has 0 saturated carbocycles. The molecule has 1 rings (SSSR count). The first-order valence-corrected chi connectivity index (χ1v) is 5.94. The molecule has 1 aromatic rings. The van der Waals surface area contributed by atoms with E-state index < -0.39 is 11.6 Å². The number of hydrogen-bond acceptors (Lipinski definition) is 2. The third-order valence-corrected chi connectivity index (χ3v) is 2.57. The molecule has 2 nitrogen and oxygen atoms in total. The van der Waals surface area contributed by atoms with Gasteiger partial charge < -0.3 is 10.5 Å². The van der Waals surface area contributed by atoms with Gasteiger partial charge in [-0.25, -0.2) is 8.78 Å². The Morgan fingerprint density at radius 2 is 1.83 bits per heavy atom. The van der Waals surface area contributed by atoms with Crippen LogP contribution in [0, 0.1) is 11.6 Å². The molecule has 0 fully saturated rings. The summed E-state index contributed by atoms with van der Waals surface area (Å²) in [7, 11) is 0. The van der Waals surface area contributed by atoms with Gasteiger partial charge in [-0.3, -0.25) is 0 Å². The van der Waals surface area contributed by atoms with E-state index in [1.54, 1.807) is 0 Å². The molecule has 2 N–H and O–H groups in total. The molecular weight excluding hydrogens is 260 g/mol. The second-order valence-electron chi connectivity index (χ2n) is 4.09. The van der Waals surface area contributed by atoms with Crippen molar-refractivity contribution in [1.29, 1.82) is 0 Å². The first-order valence-electron chi connectivity index (χ1n) is 5.94. The third-order valence-electron chi connectivity index (χ3n) is 2.57. The van der Waals surface area contributed by atoms with Crippen molar-refractivity contribution in [3.63, 3.8) is 0 Å². The van der Waals surface area contributed by atoms with Crippen LogP contribution in [0.15, 0.2) is 12.1 Å². The first kappa shape index (κ1) is 17.1. The Morgan fingerprint density at radius 3 is 2.39 bits per heavy atom. The van der Waals surface area contributed by atoms with Gasteiger partial charge in [0, 0.05) is 12.1 Å². The van der Waals surface area contributed by atoms with Crippen LogP contribution in [0.2, 0.25) is 0 Å². The standard InChI is InChI=1S/C13H19F2NO.ClH/c1-3-5-17-13-8-12(15)11(14)7-9(13)6-10(16)4-2;/h7-8,10H,3-6,16H2,1-2H3;1H. The molecule has 0 saturated heterocycles. The zero-order valence-corrected chi connectivity index (χ0v) is 11.5. The van der Waals surface area contributed by atoms with Crippen LogP contribution in [-0.2, 0) is 6.42 Å². The summed E-state index contributed by atoms with van der Waals surface area (Å²) in [6, 6.07) is 2.21. The van der Waals surface area contributed by atoms with Crippen molar-refractivity contribution in [2.45, 2.75) is 39.2 Å². The summed E-state index contributed by atoms with van der Waals surface area (Å²) in [5.41, 5.74) is 6.45. The number of rotatable bonds is 6. The van der Waals surface area contributed by atoms with Gasteiger partial charge in [-0.2, -0.15) is 0 Å². The molecule has 0 bridgehead atoms. The Labute approximate surface area is 113 Å². The van der Waals surface area contributed by atoms with Crippen LogP contribution >= 0.6 is 12.4 Å². The van der Waals surface area contributed by atoms with E-state index >= 15 is 0 Å². The molecule has 0 aliphatic heterocycles. The highest BCUT2D eigenvalue weighted by Gasteiger charge is 2.13. The van der Waals surface area contributed by atoms with Gasteiger partial charge >= 0.3 is 0 Å². The molecule has 1 atom stereocenters. The maximum atomic E-state index is 13.2. The fourth-order valence-electron chi connectivity index (χ4n) is 1.50. The Morgan fingerprint density at radius 1 is 1.22 bits per heavy atom. The topological polar surface area (TPSA) is 35.2 Å². The normalized spacial score (nSPS) is 11.8. The summed E-state index contributed by atoms with van der Waals surface area (Å²) in [6.07, 6.45) is 2.09. The van der Waals surface area contributed by atoms with E-state index in [-0.39, 0.29) is 18.4 Å². The molecule has 5 heteroatoms. The Balaban J connectivity index is 0.00000289. The number of halogens is 3. The Bertz CT molecular complexity index is 374. The highest BCUT2D eigenvalue weighted by molar-refractivity contribution is 5.85. The predicted octanol–water partition coefficient (Wildman–Crippen LogP) is 3.46. The molecule has 0 spiro atoms. The maximum Gasteiger partial charge on any atom is 0.162 e. The average molecular weight is 280 g/mol. The highest BCUT2D eigenvalue weighted by atomic mass is 35.5. The molecule has 0 amide bonds. The van der Waals surface area contributed by atoms with E-state index in [1.165, 1.54) is 6.07 Å². The number of nitrogens with two attached hydrogens (primary N) is 1. The molecule has 1 unspecified atom stereocenters. The largest absolute Gasteiger partial charge is 0.493 e. The van der Waals surface area contributed by atoms with Gasteiger partial charge in [0.2, 0.25) is 0 Å². The van der Waals surface area contributed by atoms with Crippen molar-refractivity contribution in [2.24, 2.45) is 5.73 Å². The van der Waals surface area contributed by atoms with E-state index in [1.807, 2.05) is 13.8 Å². The van der Waals surface area contributed by atoms with Crippen LogP contribution in [0.25, 0.3) is 0 Å². The Kier molecular flexibility index (Phi) is 7.87. The van der Waals surface area contributed by atoms with E-state index in [2.05, 4.69) is 0 Å². The number of hydrogen-bond donors (Lipinski definition) is 1. The van der Waals surface area contributed by atoms with Gasteiger partial charge in [0.15, 0.2) is 11.6 Å². The lowest BCUT2D eigenvalue weighted by Crippen LogP contribution is -2.22. The average Bonchev–Trinajstić information content (AvgIpc) is 2.31. The zero-order chi connectivity index (χ0) is 12.8. The molecule has 0 aliphatic carbocycles. The molecule has 0 aromatic heterocycles. The first-order chi connectivity index (χ1) is 8.08. The lowest BCUT2D eigenvalue weighted by atomic mass is 10.0. The highest BCUT2D eigenvalue weighted by Crippen LogP contribution is 2.24. The van der Waals surface area contributed by atoms with E-state index in [0.717, 1.165) is 18.9 Å². The molecule has 18 heavy (non-hydrogen) atoms. The summed E-state index contributed by atoms with van der Waals surface area (Å²) in [5, 5.41) is 0. The van der Waals surface area contributed by atoms with Crippen molar-refractivity contribution in [2.75, 3.05) is 6.61 Å². The fraction of sp³-hybridized carbons (Fsp3) is 0.538. The van der Waals surface area contributed by atoms with Crippen LogP contribution < -0.4 is 10.5 Å². The minimum Gasteiger partial charge on any atom is -0.493 e. The molecule has 0 radical (unpaired) electrons. The molecule has 104 valence electrons. The zero-order valence-electron chi connectivity index (χ0n) is 10.7. The van der Waals surface area contributed by atoms with Gasteiger partial charge in [0.25, 0.3) is 0 Å². The number of benzene rings is 1. The lowest BCUT2D eigenvalue weighted by Gasteiger charge is -2.14. The van der Waals surface area contributed by atoms with Gasteiger partial charge in [-0.15, -0.1) is 12.4 Å². The monoisotopic (exact) mass is 279 g/mol. The smallest absolute Gasteiger partial charge is 0.162 e. The summed E-state index contributed by atoms with van der Waals surface area (Å²) in [5.74, 6) is -1.34. The Hall–Kier alpha value is -0.870. The quantitative estimate of drug-likeness (QED) is 0.865.